The van der Waals surface area contributed by atoms with Crippen molar-refractivity contribution in [2.45, 2.75) is 6.10 Å². The van der Waals surface area contributed by atoms with E-state index in [1.807, 2.05) is 30.3 Å². The first-order chi connectivity index (χ1) is 8.20. The van der Waals surface area contributed by atoms with Gasteiger partial charge in [0.15, 0.2) is 0 Å². The van der Waals surface area contributed by atoms with Gasteiger partial charge >= 0.3 is 0 Å². The molecule has 5 heteroatoms. The zero-order chi connectivity index (χ0) is 12.3. The van der Waals surface area contributed by atoms with E-state index in [1.54, 1.807) is 6.07 Å². The monoisotopic (exact) mass is 287 g/mol. The first-order valence-electron chi connectivity index (χ1n) is 5.07. The largest absolute Gasteiger partial charge is 0.482 e. The number of hydrogen-bond donors (Lipinski definition) is 1. The van der Waals surface area contributed by atoms with Gasteiger partial charge in [0.1, 0.15) is 11.9 Å². The summed E-state index contributed by atoms with van der Waals surface area (Å²) in [7, 11) is 0. The molecule has 0 spiro atoms. The fraction of sp³-hybridized carbons (Fsp3) is 0.167. The second-order valence-electron chi connectivity index (χ2n) is 3.41. The van der Waals surface area contributed by atoms with Gasteiger partial charge < -0.3 is 10.5 Å². The SMILES string of the molecule is NCC(Oc1ccccc1Cl)c1ccc(Cl)s1. The fourth-order valence-electron chi connectivity index (χ4n) is 1.42. The summed E-state index contributed by atoms with van der Waals surface area (Å²) in [4.78, 5) is 0.998. The molecule has 0 radical (unpaired) electrons. The molecular formula is C12H11Cl2NOS. The van der Waals surface area contributed by atoms with E-state index in [9.17, 15) is 0 Å². The second kappa shape index (κ2) is 5.74. The molecule has 0 amide bonds. The highest BCUT2D eigenvalue weighted by Crippen LogP contribution is 2.32. The van der Waals surface area contributed by atoms with Crippen LogP contribution >= 0.6 is 34.5 Å². The van der Waals surface area contributed by atoms with Crippen LogP contribution in [-0.2, 0) is 0 Å². The van der Waals surface area contributed by atoms with Gasteiger partial charge in [-0.3, -0.25) is 0 Å². The van der Waals surface area contributed by atoms with Crippen LogP contribution < -0.4 is 10.5 Å². The summed E-state index contributed by atoms with van der Waals surface area (Å²) in [5.41, 5.74) is 5.71. The zero-order valence-corrected chi connectivity index (χ0v) is 11.2. The average Bonchev–Trinajstić information content (AvgIpc) is 2.75. The van der Waals surface area contributed by atoms with Crippen molar-refractivity contribution in [2.75, 3.05) is 6.54 Å². The summed E-state index contributed by atoms with van der Waals surface area (Å²) < 4.78 is 6.51. The predicted molar refractivity (Wildman–Crippen MR) is 73.2 cm³/mol. The van der Waals surface area contributed by atoms with Gasteiger partial charge in [0.25, 0.3) is 0 Å². The van der Waals surface area contributed by atoms with Crippen LogP contribution in [0.2, 0.25) is 9.36 Å². The van der Waals surface area contributed by atoms with E-state index >= 15 is 0 Å². The molecule has 1 aromatic carbocycles. The van der Waals surface area contributed by atoms with Gasteiger partial charge in [-0.1, -0.05) is 35.3 Å². The van der Waals surface area contributed by atoms with Crippen LogP contribution in [0.5, 0.6) is 5.75 Å². The minimum absolute atomic E-state index is 0.215. The van der Waals surface area contributed by atoms with E-state index in [2.05, 4.69) is 0 Å². The zero-order valence-electron chi connectivity index (χ0n) is 8.90. The van der Waals surface area contributed by atoms with Gasteiger partial charge in [0, 0.05) is 11.4 Å². The van der Waals surface area contributed by atoms with Crippen LogP contribution in [0, 0.1) is 0 Å². The third kappa shape index (κ3) is 3.13. The molecule has 2 nitrogen and oxygen atoms in total. The van der Waals surface area contributed by atoms with Crippen LogP contribution in [0.1, 0.15) is 11.0 Å². The lowest BCUT2D eigenvalue weighted by molar-refractivity contribution is 0.218. The number of thiophene rings is 1. The molecule has 0 aliphatic carbocycles. The van der Waals surface area contributed by atoms with E-state index in [-0.39, 0.29) is 6.10 Å². The molecule has 0 aliphatic rings. The Labute approximate surface area is 114 Å². The summed E-state index contributed by atoms with van der Waals surface area (Å²) in [6, 6.07) is 11.1. The van der Waals surface area contributed by atoms with E-state index in [0.717, 1.165) is 9.21 Å². The van der Waals surface area contributed by atoms with Crippen molar-refractivity contribution in [1.82, 2.24) is 0 Å². The van der Waals surface area contributed by atoms with Crippen molar-refractivity contribution in [3.8, 4) is 5.75 Å². The number of rotatable bonds is 4. The van der Waals surface area contributed by atoms with Crippen molar-refractivity contribution in [1.29, 1.82) is 0 Å². The Hall–Kier alpha value is -0.740. The molecule has 1 heterocycles. The maximum absolute atomic E-state index is 6.03. The molecular weight excluding hydrogens is 277 g/mol. The van der Waals surface area contributed by atoms with Gasteiger partial charge in [-0.2, -0.15) is 0 Å². The van der Waals surface area contributed by atoms with E-state index in [0.29, 0.717) is 17.3 Å². The van der Waals surface area contributed by atoms with Gasteiger partial charge in [0.05, 0.1) is 9.36 Å². The van der Waals surface area contributed by atoms with Crippen molar-refractivity contribution in [3.63, 3.8) is 0 Å². The van der Waals surface area contributed by atoms with E-state index < -0.39 is 0 Å². The highest BCUT2D eigenvalue weighted by molar-refractivity contribution is 7.16. The number of ether oxygens (including phenoxy) is 1. The number of nitrogens with two attached hydrogens (primary N) is 1. The lowest BCUT2D eigenvalue weighted by Crippen LogP contribution is -2.17. The standard InChI is InChI=1S/C12H11Cl2NOS/c13-8-3-1-2-4-9(8)16-10(7-15)11-5-6-12(14)17-11/h1-6,10H,7,15H2. The molecule has 90 valence electrons. The first-order valence-corrected chi connectivity index (χ1v) is 6.64. The van der Waals surface area contributed by atoms with Crippen molar-refractivity contribution >= 4 is 34.5 Å². The summed E-state index contributed by atoms with van der Waals surface area (Å²) in [5.74, 6) is 0.633. The van der Waals surface area contributed by atoms with Gasteiger partial charge in [-0.15, -0.1) is 11.3 Å². The third-order valence-corrected chi connectivity index (χ3v) is 3.87. The van der Waals surface area contributed by atoms with E-state index in [4.69, 9.17) is 33.7 Å². The molecule has 0 bridgehead atoms. The highest BCUT2D eigenvalue weighted by Gasteiger charge is 2.15. The molecule has 1 aromatic heterocycles. The highest BCUT2D eigenvalue weighted by atomic mass is 35.5. The van der Waals surface area contributed by atoms with Crippen LogP contribution in [0.15, 0.2) is 36.4 Å². The maximum Gasteiger partial charge on any atom is 0.145 e. The lowest BCUT2D eigenvalue weighted by atomic mass is 10.3. The molecule has 17 heavy (non-hydrogen) atoms. The summed E-state index contributed by atoms with van der Waals surface area (Å²) >= 11 is 13.4. The van der Waals surface area contributed by atoms with Crippen LogP contribution in [-0.4, -0.2) is 6.54 Å². The summed E-state index contributed by atoms with van der Waals surface area (Å²) in [6.07, 6.45) is -0.215. The third-order valence-electron chi connectivity index (χ3n) is 2.23. The average molecular weight is 288 g/mol. The number of benzene rings is 1. The lowest BCUT2D eigenvalue weighted by Gasteiger charge is -2.16. The molecule has 2 aromatic rings. The Morgan fingerprint density at radius 1 is 1.18 bits per heavy atom. The molecule has 2 N–H and O–H groups in total. The second-order valence-corrected chi connectivity index (χ2v) is 5.57. The summed E-state index contributed by atoms with van der Waals surface area (Å²) in [5, 5.41) is 0.577. The topological polar surface area (TPSA) is 35.2 Å². The molecule has 0 fully saturated rings. The van der Waals surface area contributed by atoms with Crippen LogP contribution in [0.25, 0.3) is 0 Å². The number of hydrogen-bond acceptors (Lipinski definition) is 3. The minimum Gasteiger partial charge on any atom is -0.482 e. The minimum atomic E-state index is -0.215. The maximum atomic E-state index is 6.03. The van der Waals surface area contributed by atoms with Crippen molar-refractivity contribution < 1.29 is 4.74 Å². The molecule has 2 rings (SSSR count). The smallest absolute Gasteiger partial charge is 0.145 e. The van der Waals surface area contributed by atoms with Crippen LogP contribution in [0.3, 0.4) is 0 Å². The molecule has 1 unspecified atom stereocenters. The Bertz CT molecular complexity index is 501. The molecule has 0 saturated heterocycles. The van der Waals surface area contributed by atoms with Gasteiger partial charge in [-0.05, 0) is 24.3 Å². The van der Waals surface area contributed by atoms with Crippen molar-refractivity contribution in [3.05, 3.63) is 50.6 Å². The van der Waals surface area contributed by atoms with Gasteiger partial charge in [0.2, 0.25) is 0 Å². The Morgan fingerprint density at radius 3 is 2.53 bits per heavy atom. The Kier molecular flexibility index (Phi) is 4.29. The Morgan fingerprint density at radius 2 is 1.94 bits per heavy atom. The normalized spacial score (nSPS) is 12.4. The molecule has 0 saturated carbocycles. The van der Waals surface area contributed by atoms with Gasteiger partial charge in [-0.25, -0.2) is 0 Å². The number of halogens is 2. The molecule has 1 atom stereocenters. The van der Waals surface area contributed by atoms with E-state index in [1.165, 1.54) is 11.3 Å². The van der Waals surface area contributed by atoms with Crippen LogP contribution in [0.4, 0.5) is 0 Å². The fourth-order valence-corrected chi connectivity index (χ4v) is 2.70. The predicted octanol–water partition coefficient (Wildman–Crippen LogP) is 4.13. The summed E-state index contributed by atoms with van der Waals surface area (Å²) in [6.45, 7) is 0.377. The van der Waals surface area contributed by atoms with Crippen molar-refractivity contribution in [2.24, 2.45) is 5.73 Å². The Balaban J connectivity index is 2.18. The first kappa shape index (κ1) is 12.7. The quantitative estimate of drug-likeness (QED) is 0.918. The molecule has 0 aliphatic heterocycles. The number of para-hydroxylation sites is 1.